The highest BCUT2D eigenvalue weighted by atomic mass is 19.1. The molecule has 0 aliphatic rings. The van der Waals surface area contributed by atoms with Gasteiger partial charge in [0.15, 0.2) is 0 Å². The van der Waals surface area contributed by atoms with Gasteiger partial charge in [0.1, 0.15) is 11.6 Å². The van der Waals surface area contributed by atoms with E-state index in [4.69, 9.17) is 0 Å². The number of benzene rings is 1. The Balaban J connectivity index is 2.12. The number of pyridine rings is 1. The van der Waals surface area contributed by atoms with E-state index in [0.717, 1.165) is 13.0 Å². The molecule has 0 radical (unpaired) electrons. The molecule has 0 atom stereocenters. The summed E-state index contributed by atoms with van der Waals surface area (Å²) in [7, 11) is 0. The van der Waals surface area contributed by atoms with Gasteiger partial charge in [-0.3, -0.25) is 4.79 Å². The van der Waals surface area contributed by atoms with Crippen LogP contribution in [0.3, 0.4) is 0 Å². The van der Waals surface area contributed by atoms with Crippen LogP contribution < -0.4 is 10.6 Å². The first-order valence-corrected chi connectivity index (χ1v) is 6.87. The normalized spacial score (nSPS) is 10.2. The van der Waals surface area contributed by atoms with Crippen LogP contribution in [0.1, 0.15) is 29.3 Å². The lowest BCUT2D eigenvalue weighted by molar-refractivity contribution is 0.102. The van der Waals surface area contributed by atoms with Crippen molar-refractivity contribution >= 4 is 17.4 Å². The smallest absolute Gasteiger partial charge is 0.255 e. The van der Waals surface area contributed by atoms with E-state index in [9.17, 15) is 9.18 Å². The van der Waals surface area contributed by atoms with Gasteiger partial charge in [0.05, 0.1) is 0 Å². The minimum atomic E-state index is -0.319. The topological polar surface area (TPSA) is 54.0 Å². The average Bonchev–Trinajstić information content (AvgIpc) is 2.48. The molecule has 21 heavy (non-hydrogen) atoms. The Bertz CT molecular complexity index is 643. The Kier molecular flexibility index (Phi) is 4.87. The van der Waals surface area contributed by atoms with Gasteiger partial charge < -0.3 is 10.6 Å². The van der Waals surface area contributed by atoms with Gasteiger partial charge in [-0.1, -0.05) is 6.92 Å². The van der Waals surface area contributed by atoms with Gasteiger partial charge in [0, 0.05) is 24.0 Å². The molecule has 110 valence electrons. The molecule has 2 aromatic rings. The molecule has 1 heterocycles. The molecule has 0 saturated heterocycles. The van der Waals surface area contributed by atoms with Crippen LogP contribution in [-0.2, 0) is 0 Å². The van der Waals surface area contributed by atoms with Crippen LogP contribution in [0.5, 0.6) is 0 Å². The summed E-state index contributed by atoms with van der Waals surface area (Å²) in [5.74, 6) is 0.104. The number of nitrogens with one attached hydrogen (secondary N) is 2. The highest BCUT2D eigenvalue weighted by molar-refractivity contribution is 6.05. The van der Waals surface area contributed by atoms with Crippen molar-refractivity contribution in [2.24, 2.45) is 0 Å². The molecule has 1 aromatic heterocycles. The Morgan fingerprint density at radius 1 is 1.29 bits per heavy atom. The predicted molar refractivity (Wildman–Crippen MR) is 82.1 cm³/mol. The maximum Gasteiger partial charge on any atom is 0.255 e. The van der Waals surface area contributed by atoms with Crippen LogP contribution in [0.15, 0.2) is 36.5 Å². The second-order valence-electron chi connectivity index (χ2n) is 4.77. The number of hydrogen-bond donors (Lipinski definition) is 2. The average molecular weight is 287 g/mol. The van der Waals surface area contributed by atoms with Gasteiger partial charge >= 0.3 is 0 Å². The Labute approximate surface area is 123 Å². The summed E-state index contributed by atoms with van der Waals surface area (Å²) in [5, 5.41) is 5.91. The van der Waals surface area contributed by atoms with Crippen molar-refractivity contribution in [3.63, 3.8) is 0 Å². The van der Waals surface area contributed by atoms with E-state index in [-0.39, 0.29) is 11.7 Å². The van der Waals surface area contributed by atoms with Crippen molar-refractivity contribution in [3.8, 4) is 0 Å². The highest BCUT2D eigenvalue weighted by Crippen LogP contribution is 2.17. The molecule has 0 aliphatic carbocycles. The molecule has 0 bridgehead atoms. The van der Waals surface area contributed by atoms with Crippen molar-refractivity contribution in [2.45, 2.75) is 20.3 Å². The van der Waals surface area contributed by atoms with Crippen LogP contribution in [0.25, 0.3) is 0 Å². The molecule has 0 saturated carbocycles. The number of hydrogen-bond acceptors (Lipinski definition) is 3. The van der Waals surface area contributed by atoms with Gasteiger partial charge in [0.2, 0.25) is 0 Å². The van der Waals surface area contributed by atoms with E-state index in [1.165, 1.54) is 12.1 Å². The summed E-state index contributed by atoms with van der Waals surface area (Å²) in [4.78, 5) is 16.4. The van der Waals surface area contributed by atoms with E-state index < -0.39 is 0 Å². The van der Waals surface area contributed by atoms with E-state index in [1.807, 2.05) is 0 Å². The first kappa shape index (κ1) is 15.0. The fourth-order valence-electron chi connectivity index (χ4n) is 1.88. The van der Waals surface area contributed by atoms with Crippen molar-refractivity contribution in [2.75, 3.05) is 17.2 Å². The number of rotatable bonds is 5. The molecule has 0 aliphatic heterocycles. The summed E-state index contributed by atoms with van der Waals surface area (Å²) in [6.07, 6.45) is 2.57. The van der Waals surface area contributed by atoms with Crippen molar-refractivity contribution in [3.05, 3.63) is 53.5 Å². The van der Waals surface area contributed by atoms with Gasteiger partial charge in [-0.05, 0) is 49.2 Å². The van der Waals surface area contributed by atoms with Crippen molar-refractivity contribution in [1.29, 1.82) is 0 Å². The highest BCUT2D eigenvalue weighted by Gasteiger charge is 2.09. The monoisotopic (exact) mass is 287 g/mol. The lowest BCUT2D eigenvalue weighted by Gasteiger charge is -2.09. The lowest BCUT2D eigenvalue weighted by atomic mass is 10.1. The number of nitrogens with zero attached hydrogens (tertiary/aromatic N) is 1. The quantitative estimate of drug-likeness (QED) is 0.883. The largest absolute Gasteiger partial charge is 0.370 e. The number of anilines is 2. The van der Waals surface area contributed by atoms with E-state index >= 15 is 0 Å². The molecular formula is C16H18FN3O. The Hall–Kier alpha value is -2.43. The van der Waals surface area contributed by atoms with Crippen LogP contribution in [0, 0.1) is 12.7 Å². The Morgan fingerprint density at radius 3 is 2.81 bits per heavy atom. The van der Waals surface area contributed by atoms with Gasteiger partial charge in [-0.15, -0.1) is 0 Å². The minimum absolute atomic E-state index is 0.244. The van der Waals surface area contributed by atoms with E-state index in [0.29, 0.717) is 22.6 Å². The summed E-state index contributed by atoms with van der Waals surface area (Å²) < 4.78 is 13.0. The fraction of sp³-hybridized carbons (Fsp3) is 0.250. The van der Waals surface area contributed by atoms with E-state index in [1.54, 1.807) is 31.3 Å². The summed E-state index contributed by atoms with van der Waals surface area (Å²) in [6.45, 7) is 4.61. The molecule has 0 fully saturated rings. The third-order valence-electron chi connectivity index (χ3n) is 3.01. The van der Waals surface area contributed by atoms with Gasteiger partial charge in [-0.25, -0.2) is 9.37 Å². The molecule has 1 amide bonds. The number of halogens is 1. The zero-order chi connectivity index (χ0) is 15.2. The van der Waals surface area contributed by atoms with Gasteiger partial charge in [0.25, 0.3) is 5.91 Å². The molecular weight excluding hydrogens is 269 g/mol. The van der Waals surface area contributed by atoms with Crippen LogP contribution in [0.4, 0.5) is 15.9 Å². The zero-order valence-corrected chi connectivity index (χ0v) is 12.1. The maximum absolute atomic E-state index is 13.0. The first-order chi connectivity index (χ1) is 10.1. The number of carbonyl (C=O) groups excluding carboxylic acids is 1. The third kappa shape index (κ3) is 4.02. The van der Waals surface area contributed by atoms with Crippen LogP contribution >= 0.6 is 0 Å². The van der Waals surface area contributed by atoms with Crippen LogP contribution in [-0.4, -0.2) is 17.4 Å². The number of carbonyl (C=O) groups is 1. The molecule has 0 spiro atoms. The first-order valence-electron chi connectivity index (χ1n) is 6.87. The number of aromatic nitrogens is 1. The summed E-state index contributed by atoms with van der Waals surface area (Å²) in [5.41, 5.74) is 1.79. The van der Waals surface area contributed by atoms with Crippen molar-refractivity contribution in [1.82, 2.24) is 4.98 Å². The molecule has 0 unspecified atom stereocenters. The Morgan fingerprint density at radius 2 is 2.10 bits per heavy atom. The molecule has 4 nitrogen and oxygen atoms in total. The fourth-order valence-corrected chi connectivity index (χ4v) is 1.88. The van der Waals surface area contributed by atoms with Crippen LogP contribution in [0.2, 0.25) is 0 Å². The molecule has 5 heteroatoms. The third-order valence-corrected chi connectivity index (χ3v) is 3.01. The maximum atomic E-state index is 13.0. The summed E-state index contributed by atoms with van der Waals surface area (Å²) in [6, 6.07) is 7.61. The molecule has 2 N–H and O–H groups in total. The molecule has 2 rings (SSSR count). The SMILES string of the molecule is CCCNc1cc(C(=O)Nc2ccc(F)cc2C)ccn1. The number of amides is 1. The lowest BCUT2D eigenvalue weighted by Crippen LogP contribution is -2.13. The predicted octanol–water partition coefficient (Wildman–Crippen LogP) is 3.60. The van der Waals surface area contributed by atoms with Crippen molar-refractivity contribution < 1.29 is 9.18 Å². The zero-order valence-electron chi connectivity index (χ0n) is 12.1. The second-order valence-corrected chi connectivity index (χ2v) is 4.77. The number of aryl methyl sites for hydroxylation is 1. The second kappa shape index (κ2) is 6.83. The summed E-state index contributed by atoms with van der Waals surface area (Å²) >= 11 is 0. The minimum Gasteiger partial charge on any atom is -0.370 e. The van der Waals surface area contributed by atoms with Gasteiger partial charge in [-0.2, -0.15) is 0 Å². The molecule has 1 aromatic carbocycles. The standard InChI is InChI=1S/C16H18FN3O/c1-3-7-18-15-10-12(6-8-19-15)16(21)20-14-5-4-13(17)9-11(14)2/h4-6,8-10H,3,7H2,1-2H3,(H,18,19)(H,20,21). The van der Waals surface area contributed by atoms with E-state index in [2.05, 4.69) is 22.5 Å².